The number of hydrogen-bond acceptors (Lipinski definition) is 2. The van der Waals surface area contributed by atoms with Crippen LogP contribution in [-0.2, 0) is 5.41 Å². The van der Waals surface area contributed by atoms with Crippen molar-refractivity contribution in [2.75, 3.05) is 6.54 Å². The van der Waals surface area contributed by atoms with Crippen LogP contribution in [0.1, 0.15) is 88.9 Å². The fourth-order valence-electron chi connectivity index (χ4n) is 3.74. The van der Waals surface area contributed by atoms with E-state index in [1.54, 1.807) is 4.88 Å². The summed E-state index contributed by atoms with van der Waals surface area (Å²) in [6.07, 6.45) is 8.14. The summed E-state index contributed by atoms with van der Waals surface area (Å²) in [6.45, 7) is 12.8. The van der Waals surface area contributed by atoms with Gasteiger partial charge in [-0.3, -0.25) is 0 Å². The Labute approximate surface area is 135 Å². The molecule has 0 spiro atoms. The van der Waals surface area contributed by atoms with Crippen LogP contribution >= 0.6 is 11.3 Å². The lowest BCUT2D eigenvalue weighted by Crippen LogP contribution is -2.36. The first kappa shape index (κ1) is 17.0. The minimum absolute atomic E-state index is 0.271. The third kappa shape index (κ3) is 3.71. The van der Waals surface area contributed by atoms with Crippen molar-refractivity contribution >= 4 is 11.3 Å². The van der Waals surface area contributed by atoms with Gasteiger partial charge in [-0.25, -0.2) is 0 Å². The lowest BCUT2D eigenvalue weighted by atomic mass is 9.75. The van der Waals surface area contributed by atoms with E-state index in [4.69, 9.17) is 0 Å². The van der Waals surface area contributed by atoms with Gasteiger partial charge in [0.1, 0.15) is 0 Å². The quantitative estimate of drug-likeness (QED) is 0.674. The fraction of sp³-hybridized carbons (Fsp3) is 0.789. The first-order valence-electron chi connectivity index (χ1n) is 8.76. The van der Waals surface area contributed by atoms with Crippen molar-refractivity contribution in [3.8, 4) is 0 Å². The van der Waals surface area contributed by atoms with Crippen LogP contribution in [0.5, 0.6) is 0 Å². The maximum atomic E-state index is 3.89. The first-order valence-corrected chi connectivity index (χ1v) is 9.58. The molecular weight excluding hydrogens is 274 g/mol. The van der Waals surface area contributed by atoms with E-state index in [1.807, 2.05) is 11.3 Å². The van der Waals surface area contributed by atoms with Crippen molar-refractivity contribution < 1.29 is 0 Å². The Kier molecular flexibility index (Phi) is 5.54. The van der Waals surface area contributed by atoms with E-state index in [2.05, 4.69) is 52.1 Å². The molecule has 21 heavy (non-hydrogen) atoms. The molecule has 1 fully saturated rings. The van der Waals surface area contributed by atoms with Gasteiger partial charge in [-0.15, -0.1) is 11.3 Å². The molecule has 0 saturated heterocycles. The summed E-state index contributed by atoms with van der Waals surface area (Å²) < 4.78 is 0. The molecule has 0 bridgehead atoms. The summed E-state index contributed by atoms with van der Waals surface area (Å²) in [7, 11) is 0. The van der Waals surface area contributed by atoms with E-state index in [1.165, 1.54) is 43.4 Å². The van der Waals surface area contributed by atoms with Gasteiger partial charge in [0.25, 0.3) is 0 Å². The SMILES string of the molecule is CCCNC(c1ccc(C(C)(C)C)s1)C1(CC)CCCC1. The van der Waals surface area contributed by atoms with E-state index in [-0.39, 0.29) is 5.41 Å². The molecule has 1 aromatic rings. The minimum Gasteiger partial charge on any atom is -0.309 e. The number of nitrogens with one attached hydrogen (secondary N) is 1. The molecule has 0 radical (unpaired) electrons. The molecule has 120 valence electrons. The van der Waals surface area contributed by atoms with Gasteiger partial charge in [0.15, 0.2) is 0 Å². The average Bonchev–Trinajstić information content (AvgIpc) is 3.08. The molecule has 2 rings (SSSR count). The normalized spacial score (nSPS) is 19.9. The molecule has 0 amide bonds. The van der Waals surface area contributed by atoms with Gasteiger partial charge in [-0.2, -0.15) is 0 Å². The first-order chi connectivity index (χ1) is 9.93. The van der Waals surface area contributed by atoms with Crippen molar-refractivity contribution in [2.24, 2.45) is 5.41 Å². The molecule has 1 aromatic heterocycles. The monoisotopic (exact) mass is 307 g/mol. The maximum Gasteiger partial charge on any atom is 0.0471 e. The van der Waals surface area contributed by atoms with Crippen molar-refractivity contribution in [3.63, 3.8) is 0 Å². The van der Waals surface area contributed by atoms with E-state index in [0.29, 0.717) is 11.5 Å². The highest BCUT2D eigenvalue weighted by atomic mass is 32.1. The highest BCUT2D eigenvalue weighted by Crippen LogP contribution is 2.51. The molecule has 1 aliphatic rings. The van der Waals surface area contributed by atoms with Crippen molar-refractivity contribution in [1.82, 2.24) is 5.32 Å². The second-order valence-electron chi connectivity index (χ2n) is 7.76. The molecule has 1 N–H and O–H groups in total. The van der Waals surface area contributed by atoms with Crippen LogP contribution in [0.2, 0.25) is 0 Å². The van der Waals surface area contributed by atoms with Crippen LogP contribution in [-0.4, -0.2) is 6.54 Å². The molecule has 0 aromatic carbocycles. The minimum atomic E-state index is 0.271. The molecule has 1 nitrogen and oxygen atoms in total. The van der Waals surface area contributed by atoms with Crippen molar-refractivity contribution in [1.29, 1.82) is 0 Å². The summed E-state index contributed by atoms with van der Waals surface area (Å²) in [5.41, 5.74) is 0.766. The Morgan fingerprint density at radius 2 is 1.86 bits per heavy atom. The predicted octanol–water partition coefficient (Wildman–Crippen LogP) is 6.06. The molecule has 1 saturated carbocycles. The van der Waals surface area contributed by atoms with Gasteiger partial charge in [0.05, 0.1) is 0 Å². The Balaban J connectivity index is 2.29. The van der Waals surface area contributed by atoms with Crippen molar-refractivity contribution in [2.45, 2.75) is 84.6 Å². The molecule has 1 atom stereocenters. The summed E-state index contributed by atoms with van der Waals surface area (Å²) in [4.78, 5) is 3.09. The summed E-state index contributed by atoms with van der Waals surface area (Å²) in [5.74, 6) is 0. The van der Waals surface area contributed by atoms with Gasteiger partial charge in [0.2, 0.25) is 0 Å². The molecule has 1 heterocycles. The highest BCUT2D eigenvalue weighted by Gasteiger charge is 2.41. The zero-order valence-electron chi connectivity index (χ0n) is 14.6. The van der Waals surface area contributed by atoms with Crippen LogP contribution in [0.3, 0.4) is 0 Å². The Morgan fingerprint density at radius 1 is 1.19 bits per heavy atom. The fourth-order valence-corrected chi connectivity index (χ4v) is 5.03. The molecule has 2 heteroatoms. The van der Waals surface area contributed by atoms with Crippen LogP contribution in [0.4, 0.5) is 0 Å². The van der Waals surface area contributed by atoms with Crippen LogP contribution in [0, 0.1) is 5.41 Å². The van der Waals surface area contributed by atoms with E-state index >= 15 is 0 Å². The van der Waals surface area contributed by atoms with Gasteiger partial charge in [-0.1, -0.05) is 47.5 Å². The third-order valence-corrected chi connectivity index (χ3v) is 6.74. The molecule has 1 unspecified atom stereocenters. The zero-order chi connectivity index (χ0) is 15.5. The average molecular weight is 308 g/mol. The Morgan fingerprint density at radius 3 is 2.33 bits per heavy atom. The van der Waals surface area contributed by atoms with Gasteiger partial charge in [-0.05, 0) is 55.2 Å². The summed E-state index contributed by atoms with van der Waals surface area (Å²) in [5, 5.41) is 3.89. The van der Waals surface area contributed by atoms with Gasteiger partial charge >= 0.3 is 0 Å². The van der Waals surface area contributed by atoms with Gasteiger partial charge < -0.3 is 5.32 Å². The topological polar surface area (TPSA) is 12.0 Å². The molecule has 0 aliphatic heterocycles. The highest BCUT2D eigenvalue weighted by molar-refractivity contribution is 7.12. The largest absolute Gasteiger partial charge is 0.309 e. The second-order valence-corrected chi connectivity index (χ2v) is 8.88. The third-order valence-electron chi connectivity index (χ3n) is 5.16. The number of thiophene rings is 1. The molecular formula is C19H33NS. The van der Waals surface area contributed by atoms with E-state index < -0.39 is 0 Å². The standard InChI is InChI=1S/C19H33NS/c1-6-14-20-17(19(7-2)12-8-9-13-19)15-10-11-16(21-15)18(3,4)5/h10-11,17,20H,6-9,12-14H2,1-5H3. The smallest absolute Gasteiger partial charge is 0.0471 e. The zero-order valence-corrected chi connectivity index (χ0v) is 15.4. The Hall–Kier alpha value is -0.340. The number of rotatable bonds is 6. The lowest BCUT2D eigenvalue weighted by Gasteiger charge is -2.37. The predicted molar refractivity (Wildman–Crippen MR) is 95.2 cm³/mol. The molecule has 1 aliphatic carbocycles. The summed E-state index contributed by atoms with van der Waals surface area (Å²) in [6, 6.07) is 5.32. The van der Waals surface area contributed by atoms with E-state index in [9.17, 15) is 0 Å². The van der Waals surface area contributed by atoms with Crippen LogP contribution in [0.25, 0.3) is 0 Å². The van der Waals surface area contributed by atoms with E-state index in [0.717, 1.165) is 6.54 Å². The number of hydrogen-bond donors (Lipinski definition) is 1. The van der Waals surface area contributed by atoms with Gasteiger partial charge in [0, 0.05) is 15.8 Å². The Bertz CT molecular complexity index is 435. The second kappa shape index (κ2) is 6.83. The summed E-state index contributed by atoms with van der Waals surface area (Å²) >= 11 is 2.04. The lowest BCUT2D eigenvalue weighted by molar-refractivity contribution is 0.190. The van der Waals surface area contributed by atoms with Crippen LogP contribution < -0.4 is 5.32 Å². The van der Waals surface area contributed by atoms with Crippen molar-refractivity contribution in [3.05, 3.63) is 21.9 Å². The maximum absolute atomic E-state index is 3.89. The van der Waals surface area contributed by atoms with Crippen LogP contribution in [0.15, 0.2) is 12.1 Å².